The molecular formula is C12H10I3NO7. The van der Waals surface area contributed by atoms with E-state index >= 15 is 0 Å². The lowest BCUT2D eigenvalue weighted by atomic mass is 10.1. The Morgan fingerprint density at radius 3 is 1.57 bits per heavy atom. The minimum atomic E-state index is -1.32. The number of carbonyl (C=O) groups is 3. The van der Waals surface area contributed by atoms with Crippen LogP contribution >= 0.6 is 67.8 Å². The zero-order valence-electron chi connectivity index (χ0n) is 11.1. The topological polar surface area (TPSA) is 144 Å². The van der Waals surface area contributed by atoms with Crippen molar-refractivity contribution in [1.29, 1.82) is 0 Å². The van der Waals surface area contributed by atoms with Crippen LogP contribution in [0.1, 0.15) is 20.7 Å². The first-order valence-electron chi connectivity index (χ1n) is 5.86. The summed E-state index contributed by atoms with van der Waals surface area (Å²) in [6, 6.07) is 0. The van der Waals surface area contributed by atoms with Crippen LogP contribution in [0.4, 0.5) is 5.69 Å². The van der Waals surface area contributed by atoms with Crippen molar-refractivity contribution >= 4 is 91.3 Å². The van der Waals surface area contributed by atoms with E-state index in [1.807, 2.05) is 0 Å². The lowest BCUT2D eigenvalue weighted by Gasteiger charge is -2.18. The predicted molar refractivity (Wildman–Crippen MR) is 105 cm³/mol. The molecule has 1 aromatic carbocycles. The lowest BCUT2D eigenvalue weighted by Crippen LogP contribution is -2.30. The number of rotatable bonds is 6. The van der Waals surface area contributed by atoms with Gasteiger partial charge in [-0.2, -0.15) is 0 Å². The summed E-state index contributed by atoms with van der Waals surface area (Å²) in [7, 11) is 0. The molecule has 1 amide bonds. The molecule has 11 heteroatoms. The van der Waals surface area contributed by atoms with Crippen LogP contribution in [0, 0.1) is 16.6 Å². The van der Waals surface area contributed by atoms with Gasteiger partial charge in [0, 0.05) is 3.57 Å². The first kappa shape index (κ1) is 20.8. The fraction of sp³-hybridized carbons (Fsp3) is 0.250. The zero-order chi connectivity index (χ0) is 17.9. The van der Waals surface area contributed by atoms with Crippen molar-refractivity contribution in [3.63, 3.8) is 0 Å². The molecule has 0 heterocycles. The number of benzene rings is 1. The zero-order valence-corrected chi connectivity index (χ0v) is 17.6. The first-order chi connectivity index (χ1) is 10.7. The van der Waals surface area contributed by atoms with Crippen LogP contribution in [-0.4, -0.2) is 51.5 Å². The van der Waals surface area contributed by atoms with Gasteiger partial charge in [-0.05, 0) is 67.8 Å². The number of nitrogens with one attached hydrogen (secondary N) is 1. The van der Waals surface area contributed by atoms with Crippen LogP contribution in [-0.2, 0) is 4.79 Å². The Labute approximate surface area is 171 Å². The number of hydrogen-bond donors (Lipinski definition) is 5. The molecule has 0 aliphatic rings. The van der Waals surface area contributed by atoms with Crippen molar-refractivity contribution in [2.24, 2.45) is 5.92 Å². The van der Waals surface area contributed by atoms with Gasteiger partial charge in [-0.15, -0.1) is 0 Å². The second-order valence-corrected chi connectivity index (χ2v) is 7.46. The number of halogens is 3. The van der Waals surface area contributed by atoms with Gasteiger partial charge in [-0.3, -0.25) is 4.79 Å². The summed E-state index contributed by atoms with van der Waals surface area (Å²) in [5.74, 6) is -4.48. The van der Waals surface area contributed by atoms with Crippen molar-refractivity contribution in [2.75, 3.05) is 18.5 Å². The number of carbonyl (C=O) groups excluding carboxylic acids is 1. The molecule has 0 aliphatic carbocycles. The van der Waals surface area contributed by atoms with Gasteiger partial charge in [-0.25, -0.2) is 9.59 Å². The third-order valence-electron chi connectivity index (χ3n) is 2.80. The molecule has 126 valence electrons. The highest BCUT2D eigenvalue weighted by Crippen LogP contribution is 2.35. The number of aromatic carboxylic acids is 2. The normalized spacial score (nSPS) is 10.7. The third kappa shape index (κ3) is 4.43. The van der Waals surface area contributed by atoms with E-state index in [1.54, 1.807) is 67.8 Å². The molecule has 0 radical (unpaired) electrons. The third-order valence-corrected chi connectivity index (χ3v) is 6.04. The highest BCUT2D eigenvalue weighted by Gasteiger charge is 2.29. The van der Waals surface area contributed by atoms with Crippen molar-refractivity contribution in [3.05, 3.63) is 21.8 Å². The summed E-state index contributed by atoms with van der Waals surface area (Å²) in [4.78, 5) is 34.8. The molecule has 0 fully saturated rings. The Balaban J connectivity index is 3.57. The largest absolute Gasteiger partial charge is 0.478 e. The molecule has 0 unspecified atom stereocenters. The van der Waals surface area contributed by atoms with Gasteiger partial charge < -0.3 is 25.7 Å². The van der Waals surface area contributed by atoms with E-state index in [0.717, 1.165) is 0 Å². The number of carboxylic acids is 2. The molecule has 0 aliphatic heterocycles. The maximum absolute atomic E-state index is 12.0. The Bertz CT molecular complexity index is 632. The fourth-order valence-electron chi connectivity index (χ4n) is 1.60. The average Bonchev–Trinajstić information content (AvgIpc) is 2.43. The fourth-order valence-corrected chi connectivity index (χ4v) is 5.96. The molecule has 1 rings (SSSR count). The molecule has 0 aromatic heterocycles. The van der Waals surface area contributed by atoms with Crippen LogP contribution in [0.15, 0.2) is 0 Å². The van der Waals surface area contributed by atoms with Crippen LogP contribution in [0.25, 0.3) is 0 Å². The van der Waals surface area contributed by atoms with Crippen LogP contribution in [0.5, 0.6) is 0 Å². The van der Waals surface area contributed by atoms with Gasteiger partial charge in [0.15, 0.2) is 0 Å². The Kier molecular flexibility index (Phi) is 7.88. The maximum Gasteiger partial charge on any atom is 0.337 e. The van der Waals surface area contributed by atoms with Crippen LogP contribution in [0.3, 0.4) is 0 Å². The average molecular weight is 661 g/mol. The van der Waals surface area contributed by atoms with E-state index in [9.17, 15) is 24.6 Å². The molecule has 8 nitrogen and oxygen atoms in total. The van der Waals surface area contributed by atoms with E-state index < -0.39 is 37.0 Å². The molecular weight excluding hydrogens is 651 g/mol. The predicted octanol–water partition coefficient (Wildman–Crippen LogP) is 1.44. The summed E-state index contributed by atoms with van der Waals surface area (Å²) in [5, 5.41) is 39.1. The summed E-state index contributed by atoms with van der Waals surface area (Å²) < 4.78 is 0.379. The van der Waals surface area contributed by atoms with Gasteiger partial charge in [-0.1, -0.05) is 0 Å². The van der Waals surface area contributed by atoms with Crippen molar-refractivity contribution in [3.8, 4) is 0 Å². The summed E-state index contributed by atoms with van der Waals surface area (Å²) in [6.45, 7) is -1.20. The number of aliphatic hydroxyl groups is 2. The molecule has 23 heavy (non-hydrogen) atoms. The number of hydrogen-bond acceptors (Lipinski definition) is 5. The molecule has 0 saturated carbocycles. The molecule has 0 saturated heterocycles. The second kappa shape index (κ2) is 8.72. The van der Waals surface area contributed by atoms with Gasteiger partial charge in [0.25, 0.3) is 0 Å². The highest BCUT2D eigenvalue weighted by molar-refractivity contribution is 14.1. The van der Waals surface area contributed by atoms with Crippen LogP contribution in [0.2, 0.25) is 0 Å². The molecule has 0 spiro atoms. The van der Waals surface area contributed by atoms with Gasteiger partial charge in [0.2, 0.25) is 5.91 Å². The standard InChI is InChI=1S/C12H10I3NO7/c13-6-4(11(20)21)7(14)9(8(15)5(6)12(22)23)16-10(19)3(1-17)2-18/h3,17-18H,1-2H2,(H,16,19)(H,20,21)(H,22,23). The minimum absolute atomic E-state index is 0.0262. The van der Waals surface area contributed by atoms with Crippen molar-refractivity contribution in [1.82, 2.24) is 0 Å². The Morgan fingerprint density at radius 2 is 1.26 bits per heavy atom. The number of aliphatic hydroxyl groups excluding tert-OH is 2. The Hall–Kier alpha value is -0.260. The van der Waals surface area contributed by atoms with Gasteiger partial charge >= 0.3 is 11.9 Å². The summed E-state index contributed by atoms with van der Waals surface area (Å²) in [6.07, 6.45) is 0. The van der Waals surface area contributed by atoms with E-state index in [0.29, 0.717) is 0 Å². The minimum Gasteiger partial charge on any atom is -0.478 e. The number of amides is 1. The SMILES string of the molecule is O=C(O)c1c(I)c(NC(=O)C(CO)CO)c(I)c(C(=O)O)c1I. The number of anilines is 1. The van der Waals surface area contributed by atoms with Gasteiger partial charge in [0.05, 0.1) is 43.1 Å². The van der Waals surface area contributed by atoms with Gasteiger partial charge in [0.1, 0.15) is 0 Å². The Morgan fingerprint density at radius 1 is 0.870 bits per heavy atom. The van der Waals surface area contributed by atoms with E-state index in [2.05, 4.69) is 5.32 Å². The quantitative estimate of drug-likeness (QED) is 0.291. The van der Waals surface area contributed by atoms with Crippen molar-refractivity contribution in [2.45, 2.75) is 0 Å². The monoisotopic (exact) mass is 661 g/mol. The first-order valence-corrected chi connectivity index (χ1v) is 9.10. The smallest absolute Gasteiger partial charge is 0.337 e. The van der Waals surface area contributed by atoms with E-state index in [1.165, 1.54) is 0 Å². The maximum atomic E-state index is 12.0. The molecule has 0 bridgehead atoms. The van der Waals surface area contributed by atoms with E-state index in [4.69, 9.17) is 10.2 Å². The molecule has 5 N–H and O–H groups in total. The summed E-state index contributed by atoms with van der Waals surface area (Å²) >= 11 is 5.05. The molecule has 1 aromatic rings. The van der Waals surface area contributed by atoms with E-state index in [-0.39, 0.29) is 27.5 Å². The summed E-state index contributed by atoms with van der Waals surface area (Å²) in [5.41, 5.74) is -0.439. The second-order valence-electron chi connectivity index (χ2n) is 4.23. The van der Waals surface area contributed by atoms with Crippen molar-refractivity contribution < 1.29 is 34.8 Å². The van der Waals surface area contributed by atoms with Crippen LogP contribution < -0.4 is 5.32 Å². The number of carboxylic acid groups (broad SMARTS) is 2. The lowest BCUT2D eigenvalue weighted by molar-refractivity contribution is -0.122. The molecule has 0 atom stereocenters. The highest BCUT2D eigenvalue weighted by atomic mass is 127.